The molecule has 0 spiro atoms. The minimum absolute atomic E-state index is 0.239. The smallest absolute Gasteiger partial charge is 0.374 e. The second-order valence-electron chi connectivity index (χ2n) is 3.82. The Hall–Kier alpha value is -2.38. The molecule has 0 aliphatic heterocycles. The number of aromatic carboxylic acids is 1. The quantitative estimate of drug-likeness (QED) is 0.641. The van der Waals surface area contributed by atoms with Crippen molar-refractivity contribution in [1.82, 2.24) is 10.5 Å². The molecule has 0 atom stereocenters. The van der Waals surface area contributed by atoms with Gasteiger partial charge in [-0.25, -0.2) is 4.79 Å². The van der Waals surface area contributed by atoms with Crippen molar-refractivity contribution in [3.63, 3.8) is 0 Å². The van der Waals surface area contributed by atoms with Gasteiger partial charge in [0.05, 0.1) is 0 Å². The van der Waals surface area contributed by atoms with Crippen LogP contribution in [0.1, 0.15) is 34.9 Å². The zero-order chi connectivity index (χ0) is 13.2. The van der Waals surface area contributed by atoms with E-state index in [0.717, 1.165) is 6.07 Å². The summed E-state index contributed by atoms with van der Waals surface area (Å²) >= 11 is 0. The Kier molecular flexibility index (Phi) is 3.16. The zero-order valence-corrected chi connectivity index (χ0v) is 9.18. The van der Waals surface area contributed by atoms with Gasteiger partial charge in [0.2, 0.25) is 11.7 Å². The summed E-state index contributed by atoms with van der Waals surface area (Å²) in [7, 11) is 0. The number of carboxylic acid groups (broad SMARTS) is 1. The molecular formula is C9H11N3O5. The van der Waals surface area contributed by atoms with Crippen LogP contribution in [0.15, 0.2) is 10.6 Å². The number of rotatable bonds is 4. The van der Waals surface area contributed by atoms with E-state index in [-0.39, 0.29) is 5.69 Å². The number of aromatic nitrogens is 1. The lowest BCUT2D eigenvalue weighted by atomic mass is 10.1. The Balaban J connectivity index is 2.83. The van der Waals surface area contributed by atoms with Crippen LogP contribution in [0.3, 0.4) is 0 Å². The van der Waals surface area contributed by atoms with Crippen molar-refractivity contribution in [3.05, 3.63) is 17.5 Å². The van der Waals surface area contributed by atoms with E-state index in [1.54, 1.807) is 0 Å². The number of nitrogens with zero attached hydrogens (tertiary/aromatic N) is 1. The maximum absolute atomic E-state index is 11.6. The average Bonchev–Trinajstić information content (AvgIpc) is 2.65. The first-order valence-electron chi connectivity index (χ1n) is 4.56. The number of nitrogens with two attached hydrogens (primary N) is 1. The Morgan fingerprint density at radius 1 is 1.47 bits per heavy atom. The molecule has 0 saturated carbocycles. The third-order valence-electron chi connectivity index (χ3n) is 2.00. The first kappa shape index (κ1) is 12.7. The molecule has 4 N–H and O–H groups in total. The summed E-state index contributed by atoms with van der Waals surface area (Å²) in [6.07, 6.45) is 0. The van der Waals surface area contributed by atoms with Crippen LogP contribution >= 0.6 is 0 Å². The van der Waals surface area contributed by atoms with Crippen molar-refractivity contribution in [3.8, 4) is 0 Å². The predicted octanol–water partition coefficient (Wildman–Crippen LogP) is -0.633. The van der Waals surface area contributed by atoms with E-state index in [2.05, 4.69) is 15.0 Å². The number of carbonyl (C=O) groups is 3. The molecular weight excluding hydrogens is 230 g/mol. The van der Waals surface area contributed by atoms with Gasteiger partial charge in [-0.2, -0.15) is 0 Å². The minimum atomic E-state index is -1.34. The number of hydrogen-bond donors (Lipinski definition) is 3. The van der Waals surface area contributed by atoms with E-state index in [9.17, 15) is 14.4 Å². The molecule has 0 unspecified atom stereocenters. The second kappa shape index (κ2) is 4.24. The van der Waals surface area contributed by atoms with Crippen molar-refractivity contribution in [2.45, 2.75) is 19.4 Å². The maximum Gasteiger partial charge on any atom is 0.374 e. The lowest BCUT2D eigenvalue weighted by Gasteiger charge is -2.21. The molecule has 8 nitrogen and oxygen atoms in total. The molecule has 0 radical (unpaired) electrons. The second-order valence-corrected chi connectivity index (χ2v) is 3.82. The molecule has 8 heteroatoms. The predicted molar refractivity (Wildman–Crippen MR) is 54.2 cm³/mol. The molecule has 2 amide bonds. The summed E-state index contributed by atoms with van der Waals surface area (Å²) in [5.74, 6) is -3.28. The van der Waals surface area contributed by atoms with Gasteiger partial charge in [0.15, 0.2) is 5.69 Å². The van der Waals surface area contributed by atoms with Gasteiger partial charge in [-0.3, -0.25) is 9.59 Å². The number of carboxylic acids is 1. The highest BCUT2D eigenvalue weighted by Gasteiger charge is 2.29. The summed E-state index contributed by atoms with van der Waals surface area (Å²) in [5, 5.41) is 14.1. The highest BCUT2D eigenvalue weighted by atomic mass is 16.5. The summed E-state index contributed by atoms with van der Waals surface area (Å²) in [4.78, 5) is 33.0. The van der Waals surface area contributed by atoms with E-state index >= 15 is 0 Å². The highest BCUT2D eigenvalue weighted by molar-refractivity contribution is 5.98. The Labute approximate surface area is 95.8 Å². The number of amides is 2. The summed E-state index contributed by atoms with van der Waals surface area (Å²) in [6.45, 7) is 2.82. The van der Waals surface area contributed by atoms with Crippen LogP contribution in [0.5, 0.6) is 0 Å². The van der Waals surface area contributed by atoms with E-state index in [1.807, 2.05) is 0 Å². The van der Waals surface area contributed by atoms with Crippen molar-refractivity contribution in [1.29, 1.82) is 0 Å². The van der Waals surface area contributed by atoms with E-state index in [4.69, 9.17) is 10.8 Å². The monoisotopic (exact) mass is 241 g/mol. The van der Waals surface area contributed by atoms with Crippen LogP contribution in [0.2, 0.25) is 0 Å². The van der Waals surface area contributed by atoms with E-state index in [0.29, 0.717) is 0 Å². The fraction of sp³-hybridized carbons (Fsp3) is 0.333. The molecule has 1 rings (SSSR count). The van der Waals surface area contributed by atoms with Crippen molar-refractivity contribution in [2.24, 2.45) is 5.73 Å². The first-order valence-corrected chi connectivity index (χ1v) is 4.56. The Morgan fingerprint density at radius 3 is 2.47 bits per heavy atom. The molecule has 1 heterocycles. The number of nitrogens with one attached hydrogen (secondary N) is 1. The molecule has 0 fully saturated rings. The average molecular weight is 241 g/mol. The summed E-state index contributed by atoms with van der Waals surface area (Å²) in [6, 6.07) is 0.953. The number of primary amides is 1. The van der Waals surface area contributed by atoms with Gasteiger partial charge in [-0.1, -0.05) is 5.16 Å². The van der Waals surface area contributed by atoms with Gasteiger partial charge in [-0.05, 0) is 13.8 Å². The van der Waals surface area contributed by atoms with Gasteiger partial charge < -0.3 is 20.7 Å². The van der Waals surface area contributed by atoms with Crippen molar-refractivity contribution in [2.75, 3.05) is 0 Å². The normalized spacial score (nSPS) is 10.9. The molecule has 0 aliphatic rings. The highest BCUT2D eigenvalue weighted by Crippen LogP contribution is 2.06. The lowest BCUT2D eigenvalue weighted by molar-refractivity contribution is -0.122. The van der Waals surface area contributed by atoms with Gasteiger partial charge >= 0.3 is 5.97 Å². The summed E-state index contributed by atoms with van der Waals surface area (Å²) in [5.41, 5.74) is 3.55. The number of hydrogen-bond acceptors (Lipinski definition) is 5. The summed E-state index contributed by atoms with van der Waals surface area (Å²) < 4.78 is 4.40. The van der Waals surface area contributed by atoms with Crippen LogP contribution < -0.4 is 11.1 Å². The van der Waals surface area contributed by atoms with Gasteiger partial charge in [-0.15, -0.1) is 0 Å². The maximum atomic E-state index is 11.6. The largest absolute Gasteiger partial charge is 0.475 e. The van der Waals surface area contributed by atoms with Crippen molar-refractivity contribution < 1.29 is 24.0 Å². The molecule has 1 aromatic heterocycles. The lowest BCUT2D eigenvalue weighted by Crippen LogP contribution is -2.53. The van der Waals surface area contributed by atoms with Gasteiger partial charge in [0, 0.05) is 6.07 Å². The zero-order valence-electron chi connectivity index (χ0n) is 9.18. The third-order valence-corrected chi connectivity index (χ3v) is 2.00. The van der Waals surface area contributed by atoms with Crippen LogP contribution in [-0.4, -0.2) is 33.6 Å². The van der Waals surface area contributed by atoms with Gasteiger partial charge in [0.1, 0.15) is 5.54 Å². The fourth-order valence-electron chi connectivity index (χ4n) is 0.892. The Morgan fingerprint density at radius 2 is 2.06 bits per heavy atom. The molecule has 0 saturated heterocycles. The van der Waals surface area contributed by atoms with Crippen LogP contribution in [0.4, 0.5) is 0 Å². The molecule has 92 valence electrons. The first-order chi connectivity index (χ1) is 7.74. The molecule has 0 bridgehead atoms. The minimum Gasteiger partial charge on any atom is -0.475 e. The Bertz CT molecular complexity index is 477. The SMILES string of the molecule is CC(C)(NC(=O)c1cc(C(=O)O)on1)C(N)=O. The number of carbonyl (C=O) groups excluding carboxylic acids is 2. The topological polar surface area (TPSA) is 136 Å². The van der Waals surface area contributed by atoms with Crippen molar-refractivity contribution >= 4 is 17.8 Å². The molecule has 1 aromatic rings. The van der Waals surface area contributed by atoms with Crippen LogP contribution in [0, 0.1) is 0 Å². The van der Waals surface area contributed by atoms with Gasteiger partial charge in [0.25, 0.3) is 5.91 Å². The molecule has 17 heavy (non-hydrogen) atoms. The van der Waals surface area contributed by atoms with Crippen LogP contribution in [-0.2, 0) is 4.79 Å². The molecule has 0 aromatic carbocycles. The fourth-order valence-corrected chi connectivity index (χ4v) is 0.892. The van der Waals surface area contributed by atoms with E-state index in [1.165, 1.54) is 13.8 Å². The molecule has 0 aliphatic carbocycles. The van der Waals surface area contributed by atoms with Crippen LogP contribution in [0.25, 0.3) is 0 Å². The third kappa shape index (κ3) is 2.80. The van der Waals surface area contributed by atoms with E-state index < -0.39 is 29.1 Å². The standard InChI is InChI=1S/C9H11N3O5/c1-9(2,8(10)16)11-6(13)4-3-5(7(14)15)17-12-4/h3H,1-2H3,(H2,10,16)(H,11,13)(H,14,15).